The molecule has 7 heteroatoms. The molecule has 0 aliphatic heterocycles. The molecular weight excluding hydrogens is 321 g/mol. The summed E-state index contributed by atoms with van der Waals surface area (Å²) in [6, 6.07) is 6.35. The summed E-state index contributed by atoms with van der Waals surface area (Å²) in [4.78, 5) is 23.0. The Hall–Kier alpha value is -2.31. The summed E-state index contributed by atoms with van der Waals surface area (Å²) >= 11 is 0. The van der Waals surface area contributed by atoms with Crippen LogP contribution in [0.1, 0.15) is 33.3 Å². The second kappa shape index (κ2) is 7.51. The van der Waals surface area contributed by atoms with E-state index in [2.05, 4.69) is 5.32 Å². The molecular formula is C17H21F3N2O2. The lowest BCUT2D eigenvalue weighted by atomic mass is 9.87. The van der Waals surface area contributed by atoms with Crippen LogP contribution in [0.25, 0.3) is 0 Å². The molecule has 24 heavy (non-hydrogen) atoms. The monoisotopic (exact) mass is 342 g/mol. The Labute approximate surface area is 139 Å². The van der Waals surface area contributed by atoms with Crippen LogP contribution in [0.3, 0.4) is 0 Å². The van der Waals surface area contributed by atoms with E-state index in [9.17, 15) is 22.8 Å². The van der Waals surface area contributed by atoms with Crippen molar-refractivity contribution >= 4 is 17.5 Å². The van der Waals surface area contributed by atoms with Gasteiger partial charge in [0.25, 0.3) is 0 Å². The Morgan fingerprint density at radius 1 is 1.12 bits per heavy atom. The van der Waals surface area contributed by atoms with Gasteiger partial charge in [-0.2, -0.15) is 13.2 Å². The highest BCUT2D eigenvalue weighted by molar-refractivity contribution is 6.00. The van der Waals surface area contributed by atoms with Crippen LogP contribution in [-0.4, -0.2) is 18.0 Å². The molecule has 1 aromatic carbocycles. The summed E-state index contributed by atoms with van der Waals surface area (Å²) in [6.07, 6.45) is -3.49. The molecule has 4 nitrogen and oxygen atoms in total. The van der Waals surface area contributed by atoms with Crippen molar-refractivity contribution in [3.05, 3.63) is 41.5 Å². The van der Waals surface area contributed by atoms with Gasteiger partial charge in [0, 0.05) is 18.3 Å². The fourth-order valence-electron chi connectivity index (χ4n) is 1.65. The van der Waals surface area contributed by atoms with Gasteiger partial charge in [-0.3, -0.25) is 9.59 Å². The first-order valence-corrected chi connectivity index (χ1v) is 7.34. The van der Waals surface area contributed by atoms with E-state index in [1.54, 1.807) is 23.5 Å². The van der Waals surface area contributed by atoms with Gasteiger partial charge in [-0.25, -0.2) is 0 Å². The number of carbonyl (C=O) groups excluding carboxylic acids is 2. The number of hydrogen-bond acceptors (Lipinski definition) is 2. The molecule has 0 saturated carbocycles. The van der Waals surface area contributed by atoms with E-state index in [1.165, 1.54) is 12.1 Å². The van der Waals surface area contributed by atoms with Crippen LogP contribution < -0.4 is 10.6 Å². The van der Waals surface area contributed by atoms with E-state index >= 15 is 0 Å². The summed E-state index contributed by atoms with van der Waals surface area (Å²) in [5.74, 6) is -2.40. The first-order valence-electron chi connectivity index (χ1n) is 7.34. The Kier molecular flexibility index (Phi) is 6.17. The zero-order valence-electron chi connectivity index (χ0n) is 14.0. The van der Waals surface area contributed by atoms with Crippen molar-refractivity contribution in [2.24, 2.45) is 5.41 Å². The van der Waals surface area contributed by atoms with Crippen molar-refractivity contribution in [1.82, 2.24) is 5.32 Å². The van der Waals surface area contributed by atoms with Crippen LogP contribution >= 0.6 is 0 Å². The molecule has 2 N–H and O–H groups in total. The first-order chi connectivity index (χ1) is 10.9. The first kappa shape index (κ1) is 19.7. The summed E-state index contributed by atoms with van der Waals surface area (Å²) in [6.45, 7) is 7.39. The molecule has 0 unspecified atom stereocenters. The SMILES string of the molecule is C/C(=C\C(=O)Nc1ccccc1CNC(=O)C(F)(F)F)C(C)(C)C. The lowest BCUT2D eigenvalue weighted by molar-refractivity contribution is -0.173. The maximum absolute atomic E-state index is 12.2. The van der Waals surface area contributed by atoms with Gasteiger partial charge < -0.3 is 10.6 Å². The van der Waals surface area contributed by atoms with E-state index in [4.69, 9.17) is 0 Å². The number of amides is 2. The molecule has 0 radical (unpaired) electrons. The van der Waals surface area contributed by atoms with Crippen LogP contribution in [0.15, 0.2) is 35.9 Å². The third-order valence-corrected chi connectivity index (χ3v) is 3.50. The molecule has 0 atom stereocenters. The molecule has 0 heterocycles. The highest BCUT2D eigenvalue weighted by Gasteiger charge is 2.38. The zero-order chi connectivity index (χ0) is 18.5. The molecule has 0 bridgehead atoms. The van der Waals surface area contributed by atoms with E-state index in [-0.39, 0.29) is 17.9 Å². The summed E-state index contributed by atoms with van der Waals surface area (Å²) < 4.78 is 36.7. The normalized spacial score (nSPS) is 12.7. The fourth-order valence-corrected chi connectivity index (χ4v) is 1.65. The second-order valence-corrected chi connectivity index (χ2v) is 6.40. The number of hydrogen-bond donors (Lipinski definition) is 2. The Morgan fingerprint density at radius 3 is 2.25 bits per heavy atom. The van der Waals surface area contributed by atoms with Gasteiger partial charge in [0.2, 0.25) is 5.91 Å². The fraction of sp³-hybridized carbons (Fsp3) is 0.412. The third kappa shape index (κ3) is 6.06. The molecule has 2 amide bonds. The van der Waals surface area contributed by atoms with Gasteiger partial charge in [-0.1, -0.05) is 44.5 Å². The number of carbonyl (C=O) groups is 2. The van der Waals surface area contributed by atoms with Crippen molar-refractivity contribution in [3.63, 3.8) is 0 Å². The van der Waals surface area contributed by atoms with Crippen molar-refractivity contribution in [3.8, 4) is 0 Å². The van der Waals surface area contributed by atoms with Crippen LogP contribution in [0, 0.1) is 5.41 Å². The zero-order valence-corrected chi connectivity index (χ0v) is 14.0. The van der Waals surface area contributed by atoms with Gasteiger partial charge in [0.05, 0.1) is 0 Å². The highest BCUT2D eigenvalue weighted by Crippen LogP contribution is 2.24. The molecule has 0 aliphatic rings. The minimum absolute atomic E-state index is 0.169. The average Bonchev–Trinajstić information content (AvgIpc) is 2.43. The van der Waals surface area contributed by atoms with Crippen LogP contribution in [-0.2, 0) is 16.1 Å². The lowest BCUT2D eigenvalue weighted by Gasteiger charge is -2.19. The number of allylic oxidation sites excluding steroid dienone is 1. The topological polar surface area (TPSA) is 58.2 Å². The van der Waals surface area contributed by atoms with Gasteiger partial charge in [-0.05, 0) is 24.0 Å². The molecule has 0 saturated heterocycles. The lowest BCUT2D eigenvalue weighted by Crippen LogP contribution is -2.36. The number of anilines is 1. The molecule has 1 aromatic rings. The predicted molar refractivity (Wildman–Crippen MR) is 86.2 cm³/mol. The van der Waals surface area contributed by atoms with Gasteiger partial charge in [0.1, 0.15) is 0 Å². The summed E-state index contributed by atoms with van der Waals surface area (Å²) in [5, 5.41) is 4.42. The third-order valence-electron chi connectivity index (χ3n) is 3.50. The van der Waals surface area contributed by atoms with Crippen molar-refractivity contribution in [2.75, 3.05) is 5.32 Å². The summed E-state index contributed by atoms with van der Waals surface area (Å²) in [7, 11) is 0. The Bertz CT molecular complexity index is 644. The number of halogens is 3. The maximum atomic E-state index is 12.2. The van der Waals surface area contributed by atoms with Crippen molar-refractivity contribution < 1.29 is 22.8 Å². The molecule has 0 spiro atoms. The second-order valence-electron chi connectivity index (χ2n) is 6.40. The Morgan fingerprint density at radius 2 is 1.71 bits per heavy atom. The number of nitrogens with one attached hydrogen (secondary N) is 2. The minimum Gasteiger partial charge on any atom is -0.344 e. The Balaban J connectivity index is 2.84. The largest absolute Gasteiger partial charge is 0.471 e. The quantitative estimate of drug-likeness (QED) is 0.818. The molecule has 0 fully saturated rings. The number of benzene rings is 1. The molecule has 0 aliphatic carbocycles. The summed E-state index contributed by atoms with van der Waals surface area (Å²) in [5.41, 5.74) is 1.42. The number of para-hydroxylation sites is 1. The van der Waals surface area contributed by atoms with Gasteiger partial charge in [-0.15, -0.1) is 0 Å². The van der Waals surface area contributed by atoms with E-state index in [0.29, 0.717) is 11.3 Å². The number of rotatable bonds is 4. The van der Waals surface area contributed by atoms with Crippen LogP contribution in [0.4, 0.5) is 18.9 Å². The molecule has 1 rings (SSSR count). The number of alkyl halides is 3. The van der Waals surface area contributed by atoms with E-state index < -0.39 is 12.1 Å². The van der Waals surface area contributed by atoms with Gasteiger partial charge >= 0.3 is 12.1 Å². The van der Waals surface area contributed by atoms with Crippen molar-refractivity contribution in [2.45, 2.75) is 40.4 Å². The standard InChI is InChI=1S/C17H21F3N2O2/c1-11(16(2,3)4)9-14(23)22-13-8-6-5-7-12(13)10-21-15(24)17(18,19)20/h5-9H,10H2,1-4H3,(H,21,24)(H,22,23)/b11-9+. The average molecular weight is 342 g/mol. The van der Waals surface area contributed by atoms with Crippen molar-refractivity contribution in [1.29, 1.82) is 0 Å². The maximum Gasteiger partial charge on any atom is 0.471 e. The molecule has 0 aromatic heterocycles. The predicted octanol–water partition coefficient (Wildman–Crippen LogP) is 3.80. The van der Waals surface area contributed by atoms with Crippen LogP contribution in [0.5, 0.6) is 0 Å². The van der Waals surface area contributed by atoms with E-state index in [1.807, 2.05) is 27.7 Å². The minimum atomic E-state index is -4.94. The van der Waals surface area contributed by atoms with Gasteiger partial charge in [0.15, 0.2) is 0 Å². The highest BCUT2D eigenvalue weighted by atomic mass is 19.4. The van der Waals surface area contributed by atoms with E-state index in [0.717, 1.165) is 5.57 Å². The molecule has 132 valence electrons. The van der Waals surface area contributed by atoms with Crippen LogP contribution in [0.2, 0.25) is 0 Å². The smallest absolute Gasteiger partial charge is 0.344 e.